The number of rotatable bonds is 6. The second-order valence-electron chi connectivity index (χ2n) is 6.67. The smallest absolute Gasteiger partial charge is 0.223 e. The fourth-order valence-corrected chi connectivity index (χ4v) is 2.88. The predicted molar refractivity (Wildman–Crippen MR) is 105 cm³/mol. The molecule has 1 atom stereocenters. The van der Waals surface area contributed by atoms with Crippen LogP contribution >= 0.6 is 0 Å². The number of aromatic amines is 1. The number of hydrogen-bond acceptors (Lipinski definition) is 6. The van der Waals surface area contributed by atoms with Crippen LogP contribution in [-0.2, 0) is 0 Å². The second-order valence-corrected chi connectivity index (χ2v) is 6.67. The summed E-state index contributed by atoms with van der Waals surface area (Å²) in [6.07, 6.45) is 2.43. The minimum Gasteiger partial charge on any atom is -0.368 e. The summed E-state index contributed by atoms with van der Waals surface area (Å²) in [5, 5.41) is 13.8. The van der Waals surface area contributed by atoms with Gasteiger partial charge < -0.3 is 16.4 Å². The third-order valence-electron chi connectivity index (χ3n) is 4.50. The van der Waals surface area contributed by atoms with E-state index in [-0.39, 0.29) is 12.0 Å². The van der Waals surface area contributed by atoms with Gasteiger partial charge >= 0.3 is 0 Å². The molecule has 1 aromatic carbocycles. The first-order valence-electron chi connectivity index (χ1n) is 8.81. The quantitative estimate of drug-likeness (QED) is 0.492. The second kappa shape index (κ2) is 6.96. The standard InChI is InChI=1S/C19H20N8/c1-11(12-5-7-14(21-2)8-6-12)22-16-10-17(25-19(20)24-16)23-18-9-15(26-27-18)13-3-4-13/h5-11,13H,3-4H2,1H3,(H5,20,22,23,24,25,26,27). The van der Waals surface area contributed by atoms with Gasteiger partial charge in [0.1, 0.15) is 11.6 Å². The topological polar surface area (TPSA) is 109 Å². The fraction of sp³-hybridized carbons (Fsp3) is 0.263. The number of hydrogen-bond donors (Lipinski definition) is 4. The average molecular weight is 360 g/mol. The van der Waals surface area contributed by atoms with Crippen LogP contribution in [-0.4, -0.2) is 20.2 Å². The Morgan fingerprint density at radius 2 is 1.89 bits per heavy atom. The third-order valence-corrected chi connectivity index (χ3v) is 4.50. The van der Waals surface area contributed by atoms with E-state index in [0.717, 1.165) is 11.3 Å². The molecule has 2 aromatic heterocycles. The molecule has 1 aliphatic rings. The number of H-pyrrole nitrogens is 1. The fourth-order valence-electron chi connectivity index (χ4n) is 2.88. The van der Waals surface area contributed by atoms with Crippen molar-refractivity contribution in [3.05, 3.63) is 59.1 Å². The lowest BCUT2D eigenvalue weighted by atomic mass is 10.1. The largest absolute Gasteiger partial charge is 0.368 e. The van der Waals surface area contributed by atoms with Crippen LogP contribution in [0, 0.1) is 6.57 Å². The lowest BCUT2D eigenvalue weighted by Crippen LogP contribution is -2.10. The van der Waals surface area contributed by atoms with Crippen LogP contribution in [0.4, 0.5) is 29.1 Å². The van der Waals surface area contributed by atoms with E-state index in [9.17, 15) is 0 Å². The van der Waals surface area contributed by atoms with Crippen molar-refractivity contribution in [2.45, 2.75) is 31.7 Å². The summed E-state index contributed by atoms with van der Waals surface area (Å²) in [5.74, 6) is 2.69. The van der Waals surface area contributed by atoms with Gasteiger partial charge in [0.2, 0.25) is 5.95 Å². The van der Waals surface area contributed by atoms with Crippen molar-refractivity contribution in [1.29, 1.82) is 0 Å². The van der Waals surface area contributed by atoms with Crippen LogP contribution in [0.15, 0.2) is 36.4 Å². The Balaban J connectivity index is 1.48. The number of aromatic nitrogens is 4. The number of nitrogen functional groups attached to an aromatic ring is 1. The van der Waals surface area contributed by atoms with Crippen LogP contribution in [0.2, 0.25) is 0 Å². The van der Waals surface area contributed by atoms with Gasteiger partial charge in [0.15, 0.2) is 11.5 Å². The molecule has 5 N–H and O–H groups in total. The van der Waals surface area contributed by atoms with E-state index in [1.807, 2.05) is 25.1 Å². The Kier molecular flexibility index (Phi) is 4.34. The summed E-state index contributed by atoms with van der Waals surface area (Å²) in [5.41, 5.74) is 8.68. The number of anilines is 4. The van der Waals surface area contributed by atoms with Gasteiger partial charge in [-0.3, -0.25) is 5.10 Å². The van der Waals surface area contributed by atoms with Crippen molar-refractivity contribution in [3.63, 3.8) is 0 Å². The number of benzene rings is 1. The van der Waals surface area contributed by atoms with Crippen LogP contribution in [0.5, 0.6) is 0 Å². The molecule has 0 saturated heterocycles. The summed E-state index contributed by atoms with van der Waals surface area (Å²) in [7, 11) is 0. The van der Waals surface area contributed by atoms with E-state index in [0.29, 0.717) is 29.1 Å². The maximum absolute atomic E-state index is 7.03. The highest BCUT2D eigenvalue weighted by Gasteiger charge is 2.25. The van der Waals surface area contributed by atoms with Crippen molar-refractivity contribution in [1.82, 2.24) is 20.2 Å². The molecule has 1 fully saturated rings. The molecule has 1 saturated carbocycles. The Morgan fingerprint density at radius 1 is 1.15 bits per heavy atom. The van der Waals surface area contributed by atoms with E-state index in [2.05, 4.69) is 35.6 Å². The van der Waals surface area contributed by atoms with E-state index in [1.54, 1.807) is 18.2 Å². The third kappa shape index (κ3) is 3.98. The minimum absolute atomic E-state index is 0.00112. The van der Waals surface area contributed by atoms with Crippen molar-refractivity contribution < 1.29 is 0 Å². The average Bonchev–Trinajstić information content (AvgIpc) is 3.41. The first-order chi connectivity index (χ1) is 13.1. The maximum Gasteiger partial charge on any atom is 0.223 e. The van der Waals surface area contributed by atoms with Crippen LogP contribution in [0.1, 0.15) is 43.0 Å². The Morgan fingerprint density at radius 3 is 2.59 bits per heavy atom. The van der Waals surface area contributed by atoms with Crippen molar-refractivity contribution in [2.75, 3.05) is 16.4 Å². The number of nitrogens with one attached hydrogen (secondary N) is 3. The zero-order valence-electron chi connectivity index (χ0n) is 14.9. The molecule has 0 bridgehead atoms. The Bertz CT molecular complexity index is 982. The Labute approximate surface area is 157 Å². The SMILES string of the molecule is [C-]#[N+]c1ccc(C(C)Nc2cc(Nc3cc(C4CC4)[nH]n3)nc(N)n2)cc1. The molecule has 136 valence electrons. The van der Waals surface area contributed by atoms with Crippen molar-refractivity contribution >= 4 is 29.1 Å². The first-order valence-corrected chi connectivity index (χ1v) is 8.81. The Hall–Kier alpha value is -3.60. The van der Waals surface area contributed by atoms with Gasteiger partial charge in [-0.25, -0.2) is 4.85 Å². The predicted octanol–water partition coefficient (Wildman–Crippen LogP) is 4.13. The zero-order valence-corrected chi connectivity index (χ0v) is 14.9. The summed E-state index contributed by atoms with van der Waals surface area (Å²) < 4.78 is 0. The molecular formula is C19H20N8. The van der Waals surface area contributed by atoms with Crippen LogP contribution < -0.4 is 16.4 Å². The lowest BCUT2D eigenvalue weighted by molar-refractivity contribution is 0.874. The molecule has 0 spiro atoms. The minimum atomic E-state index is -0.00112. The van der Waals surface area contributed by atoms with E-state index in [1.165, 1.54) is 12.8 Å². The lowest BCUT2D eigenvalue weighted by Gasteiger charge is -2.16. The summed E-state index contributed by atoms with van der Waals surface area (Å²) >= 11 is 0. The monoisotopic (exact) mass is 360 g/mol. The van der Waals surface area contributed by atoms with Gasteiger partial charge in [-0.1, -0.05) is 24.3 Å². The molecule has 2 heterocycles. The number of nitrogens with zero attached hydrogens (tertiary/aromatic N) is 4. The highest BCUT2D eigenvalue weighted by atomic mass is 15.2. The molecule has 8 heteroatoms. The molecule has 8 nitrogen and oxygen atoms in total. The van der Waals surface area contributed by atoms with Gasteiger partial charge in [-0.15, -0.1) is 0 Å². The molecule has 0 aliphatic heterocycles. The number of nitrogens with two attached hydrogens (primary N) is 1. The zero-order chi connectivity index (χ0) is 18.8. The van der Waals surface area contributed by atoms with Gasteiger partial charge in [-0.05, 0) is 25.3 Å². The van der Waals surface area contributed by atoms with E-state index < -0.39 is 0 Å². The molecule has 0 radical (unpaired) electrons. The van der Waals surface area contributed by atoms with Crippen molar-refractivity contribution in [3.8, 4) is 0 Å². The highest BCUT2D eigenvalue weighted by Crippen LogP contribution is 2.39. The first kappa shape index (κ1) is 16.8. The summed E-state index contributed by atoms with van der Waals surface area (Å²) in [4.78, 5) is 11.9. The molecule has 27 heavy (non-hydrogen) atoms. The van der Waals surface area contributed by atoms with Crippen LogP contribution in [0.3, 0.4) is 0 Å². The van der Waals surface area contributed by atoms with E-state index in [4.69, 9.17) is 12.3 Å². The molecule has 0 amide bonds. The molecule has 1 aliphatic carbocycles. The van der Waals surface area contributed by atoms with E-state index >= 15 is 0 Å². The summed E-state index contributed by atoms with van der Waals surface area (Å²) in [6, 6.07) is 11.3. The normalized spacial score (nSPS) is 14.4. The molecule has 4 rings (SSSR count). The van der Waals surface area contributed by atoms with Gasteiger partial charge in [-0.2, -0.15) is 15.1 Å². The molecular weight excluding hydrogens is 340 g/mol. The maximum atomic E-state index is 7.03. The van der Waals surface area contributed by atoms with Crippen LogP contribution in [0.25, 0.3) is 4.85 Å². The van der Waals surface area contributed by atoms with Gasteiger partial charge in [0.05, 0.1) is 6.57 Å². The van der Waals surface area contributed by atoms with Gasteiger partial charge in [0, 0.05) is 29.8 Å². The van der Waals surface area contributed by atoms with Crippen molar-refractivity contribution in [2.24, 2.45) is 0 Å². The molecule has 1 unspecified atom stereocenters. The highest BCUT2D eigenvalue weighted by molar-refractivity contribution is 5.59. The summed E-state index contributed by atoms with van der Waals surface area (Å²) in [6.45, 7) is 9.05. The molecule has 3 aromatic rings. The van der Waals surface area contributed by atoms with Gasteiger partial charge in [0.25, 0.3) is 0 Å².